The summed E-state index contributed by atoms with van der Waals surface area (Å²) in [6.45, 7) is 6.54. The number of hydrogen-bond acceptors (Lipinski definition) is 3. The normalized spacial score (nSPS) is 25.0. The minimum atomic E-state index is -0.499. The van der Waals surface area contributed by atoms with Crippen molar-refractivity contribution >= 4 is 12.0 Å². The smallest absolute Gasteiger partial charge is 0.349 e. The molecule has 1 aliphatic carbocycles. The summed E-state index contributed by atoms with van der Waals surface area (Å²) in [5, 5.41) is 9.30. The first-order chi connectivity index (χ1) is 11.0. The van der Waals surface area contributed by atoms with Crippen LogP contribution in [0.25, 0.3) is 6.08 Å². The molecule has 1 aliphatic rings. The van der Waals surface area contributed by atoms with Gasteiger partial charge in [-0.1, -0.05) is 57.5 Å². The molecule has 3 atom stereocenters. The molecule has 1 aromatic carbocycles. The van der Waals surface area contributed by atoms with Gasteiger partial charge in [-0.2, -0.15) is 5.26 Å². The number of hydrogen-bond donors (Lipinski definition) is 0. The highest BCUT2D eigenvalue weighted by atomic mass is 16.5. The first kappa shape index (κ1) is 17.3. The van der Waals surface area contributed by atoms with Gasteiger partial charge >= 0.3 is 5.97 Å². The zero-order valence-corrected chi connectivity index (χ0v) is 14.2. The molecule has 0 bridgehead atoms. The van der Waals surface area contributed by atoms with Crippen molar-refractivity contribution in [2.45, 2.75) is 46.1 Å². The zero-order valence-electron chi connectivity index (χ0n) is 14.2. The molecule has 0 unspecified atom stereocenters. The number of esters is 1. The van der Waals surface area contributed by atoms with Gasteiger partial charge in [-0.25, -0.2) is 4.79 Å². The van der Waals surface area contributed by atoms with Gasteiger partial charge in [-0.15, -0.1) is 0 Å². The summed E-state index contributed by atoms with van der Waals surface area (Å²) >= 11 is 0. The van der Waals surface area contributed by atoms with E-state index in [0.717, 1.165) is 18.4 Å². The molecule has 0 saturated heterocycles. The maximum atomic E-state index is 12.4. The van der Waals surface area contributed by atoms with E-state index in [1.807, 2.05) is 36.4 Å². The van der Waals surface area contributed by atoms with Gasteiger partial charge in [-0.05, 0) is 42.2 Å². The lowest BCUT2D eigenvalue weighted by atomic mass is 9.75. The molecule has 0 aromatic heterocycles. The molecule has 0 spiro atoms. The fourth-order valence-corrected chi connectivity index (χ4v) is 3.30. The summed E-state index contributed by atoms with van der Waals surface area (Å²) < 4.78 is 5.73. The lowest BCUT2D eigenvalue weighted by Crippen LogP contribution is -2.36. The van der Waals surface area contributed by atoms with Crippen LogP contribution in [0.2, 0.25) is 0 Å². The van der Waals surface area contributed by atoms with E-state index in [0.29, 0.717) is 17.8 Å². The Morgan fingerprint density at radius 2 is 2.00 bits per heavy atom. The van der Waals surface area contributed by atoms with Crippen molar-refractivity contribution in [1.29, 1.82) is 5.26 Å². The van der Waals surface area contributed by atoms with Crippen LogP contribution in [0.15, 0.2) is 35.9 Å². The van der Waals surface area contributed by atoms with E-state index in [4.69, 9.17) is 4.74 Å². The Morgan fingerprint density at radius 3 is 2.61 bits per heavy atom. The molecule has 1 saturated carbocycles. The summed E-state index contributed by atoms with van der Waals surface area (Å²) in [6, 6.07) is 11.4. The van der Waals surface area contributed by atoms with Crippen LogP contribution in [0.3, 0.4) is 0 Å². The molecule has 1 fully saturated rings. The highest BCUT2D eigenvalue weighted by Crippen LogP contribution is 2.35. The molecule has 3 heteroatoms. The number of nitriles is 1. The Bertz CT molecular complexity index is 598. The van der Waals surface area contributed by atoms with Gasteiger partial charge in [0.1, 0.15) is 17.7 Å². The van der Waals surface area contributed by atoms with Gasteiger partial charge in [0.15, 0.2) is 0 Å². The highest BCUT2D eigenvalue weighted by Gasteiger charge is 2.33. The van der Waals surface area contributed by atoms with Crippen LogP contribution < -0.4 is 0 Å². The lowest BCUT2D eigenvalue weighted by molar-refractivity contribution is -0.150. The van der Waals surface area contributed by atoms with Crippen LogP contribution in [0.4, 0.5) is 0 Å². The van der Waals surface area contributed by atoms with Crippen molar-refractivity contribution in [2.24, 2.45) is 17.8 Å². The van der Waals surface area contributed by atoms with Crippen LogP contribution in [0.5, 0.6) is 0 Å². The number of ether oxygens (including phenoxy) is 1. The van der Waals surface area contributed by atoms with E-state index in [1.54, 1.807) is 6.08 Å². The standard InChI is InChI=1S/C20H25NO2/c1-14(2)18-10-9-15(3)11-19(18)23-20(22)17(13-21)12-16-7-5-4-6-8-16/h4-8,12,14-15,18-19H,9-11H2,1-3H3/b17-12+/t15-,18+,19+/m0/s1. The SMILES string of the molecule is CC(C)[C@H]1CC[C@H](C)C[C@H]1OC(=O)/C(C#N)=C/c1ccccc1. The van der Waals surface area contributed by atoms with Crippen molar-refractivity contribution in [2.75, 3.05) is 0 Å². The Kier molecular flexibility index (Phi) is 5.98. The molecular weight excluding hydrogens is 286 g/mol. The molecular formula is C20H25NO2. The summed E-state index contributed by atoms with van der Waals surface area (Å²) in [4.78, 5) is 12.4. The van der Waals surface area contributed by atoms with E-state index in [2.05, 4.69) is 20.8 Å². The predicted octanol–water partition coefficient (Wildman–Crippen LogP) is 4.60. The summed E-state index contributed by atoms with van der Waals surface area (Å²) in [6.07, 6.45) is 4.67. The number of nitrogens with zero attached hydrogens (tertiary/aromatic N) is 1. The average Bonchev–Trinajstić information content (AvgIpc) is 2.53. The van der Waals surface area contributed by atoms with Gasteiger partial charge in [-0.3, -0.25) is 0 Å². The summed E-state index contributed by atoms with van der Waals surface area (Å²) in [7, 11) is 0. The van der Waals surface area contributed by atoms with Gasteiger partial charge in [0.25, 0.3) is 0 Å². The molecule has 1 aromatic rings. The summed E-state index contributed by atoms with van der Waals surface area (Å²) in [5.74, 6) is 0.920. The second-order valence-corrected chi connectivity index (χ2v) is 6.85. The third-order valence-electron chi connectivity index (χ3n) is 4.67. The van der Waals surface area contributed by atoms with Gasteiger partial charge < -0.3 is 4.74 Å². The van der Waals surface area contributed by atoms with Gasteiger partial charge in [0, 0.05) is 0 Å². The molecule has 122 valence electrons. The average molecular weight is 311 g/mol. The quantitative estimate of drug-likeness (QED) is 0.464. The van der Waals surface area contributed by atoms with Crippen molar-refractivity contribution in [3.8, 4) is 6.07 Å². The van der Waals surface area contributed by atoms with Gasteiger partial charge in [0.05, 0.1) is 0 Å². The predicted molar refractivity (Wildman–Crippen MR) is 91.3 cm³/mol. The van der Waals surface area contributed by atoms with E-state index in [-0.39, 0.29) is 11.7 Å². The van der Waals surface area contributed by atoms with Crippen LogP contribution in [0.1, 0.15) is 45.6 Å². The minimum absolute atomic E-state index is 0.0666. The highest BCUT2D eigenvalue weighted by molar-refractivity contribution is 5.97. The van der Waals surface area contributed by atoms with E-state index >= 15 is 0 Å². The molecule has 0 radical (unpaired) electrons. The maximum absolute atomic E-state index is 12.4. The van der Waals surface area contributed by atoms with E-state index in [9.17, 15) is 10.1 Å². The topological polar surface area (TPSA) is 50.1 Å². The largest absolute Gasteiger partial charge is 0.458 e. The number of benzene rings is 1. The third-order valence-corrected chi connectivity index (χ3v) is 4.67. The molecule has 3 nitrogen and oxygen atoms in total. The fourth-order valence-electron chi connectivity index (χ4n) is 3.30. The number of rotatable bonds is 4. The Hall–Kier alpha value is -2.08. The fraction of sp³-hybridized carbons (Fsp3) is 0.500. The van der Waals surface area contributed by atoms with E-state index in [1.165, 1.54) is 6.42 Å². The Morgan fingerprint density at radius 1 is 1.30 bits per heavy atom. The number of carbonyl (C=O) groups is 1. The van der Waals surface area contributed by atoms with Crippen molar-refractivity contribution in [3.05, 3.63) is 41.5 Å². The monoisotopic (exact) mass is 311 g/mol. The molecule has 2 rings (SSSR count). The van der Waals surface area contributed by atoms with Gasteiger partial charge in [0.2, 0.25) is 0 Å². The first-order valence-electron chi connectivity index (χ1n) is 8.39. The van der Waals surface area contributed by atoms with Crippen LogP contribution in [0, 0.1) is 29.1 Å². The van der Waals surface area contributed by atoms with Crippen molar-refractivity contribution in [1.82, 2.24) is 0 Å². The molecule has 0 amide bonds. The second-order valence-electron chi connectivity index (χ2n) is 6.85. The molecule has 0 N–H and O–H groups in total. The van der Waals surface area contributed by atoms with Crippen LogP contribution >= 0.6 is 0 Å². The Labute approximate surface area is 139 Å². The zero-order chi connectivity index (χ0) is 16.8. The minimum Gasteiger partial charge on any atom is -0.458 e. The van der Waals surface area contributed by atoms with Crippen LogP contribution in [-0.2, 0) is 9.53 Å². The summed E-state index contributed by atoms with van der Waals surface area (Å²) in [5.41, 5.74) is 0.898. The maximum Gasteiger partial charge on any atom is 0.349 e. The van der Waals surface area contributed by atoms with Crippen LogP contribution in [-0.4, -0.2) is 12.1 Å². The molecule has 0 heterocycles. The second kappa shape index (κ2) is 7.97. The first-order valence-corrected chi connectivity index (χ1v) is 8.39. The molecule has 23 heavy (non-hydrogen) atoms. The van der Waals surface area contributed by atoms with E-state index < -0.39 is 5.97 Å². The van der Waals surface area contributed by atoms with Crippen molar-refractivity contribution in [3.63, 3.8) is 0 Å². The lowest BCUT2D eigenvalue weighted by Gasteiger charge is -2.36. The third kappa shape index (κ3) is 4.69. The van der Waals surface area contributed by atoms with Crippen molar-refractivity contribution < 1.29 is 9.53 Å². The Balaban J connectivity index is 2.12. The number of carbonyl (C=O) groups excluding carboxylic acids is 1. The molecule has 0 aliphatic heterocycles.